The first-order chi connectivity index (χ1) is 3.85. The van der Waals surface area contributed by atoms with Gasteiger partial charge in [0, 0.05) is 4.11 Å². The topological polar surface area (TPSA) is 17.1 Å². The van der Waals surface area contributed by atoms with E-state index in [4.69, 9.17) is 6.85 Å². The van der Waals surface area contributed by atoms with Gasteiger partial charge in [-0.25, -0.2) is 0 Å². The Balaban J connectivity index is 4.06. The van der Waals surface area contributed by atoms with Crippen LogP contribution in [0.5, 0.6) is 0 Å². The Morgan fingerprint density at radius 3 is 3.50 bits per heavy atom. The molecule has 0 aliphatic heterocycles. The number of carbonyl (C=O) groups is 1. The largest absolute Gasteiger partial charge is 0.340 e. The molecular formula is C3H5O-. The molecular weight excluding hydrogens is 52.0 g/mol. The van der Waals surface area contributed by atoms with Gasteiger partial charge in [-0.1, -0.05) is 0 Å². The maximum atomic E-state index is 10.2. The van der Waals surface area contributed by atoms with Crippen LogP contribution in [-0.2, 0) is 4.79 Å². The monoisotopic (exact) mass is 62.1 g/mol. The Labute approximate surface area is 32.7 Å². The second-order valence-corrected chi connectivity index (χ2v) is 0.329. The van der Waals surface area contributed by atoms with Gasteiger partial charge in [0.1, 0.15) is 0 Å². The van der Waals surface area contributed by atoms with Crippen LogP contribution in [0.2, 0.25) is 0 Å². The van der Waals surface area contributed by atoms with Gasteiger partial charge in [0.15, 0.2) is 0 Å². The molecule has 0 aliphatic carbocycles. The van der Waals surface area contributed by atoms with E-state index in [1.165, 1.54) is 0 Å². The SMILES string of the molecule is [2H][C-]([2H])C(=O)C([2H])([2H])[2H]. The van der Waals surface area contributed by atoms with Crippen LogP contribution in [0, 0.1) is 6.88 Å². The molecule has 0 aromatic rings. The molecule has 24 valence electrons. The van der Waals surface area contributed by atoms with Crippen LogP contribution >= 0.6 is 0 Å². The summed E-state index contributed by atoms with van der Waals surface area (Å²) in [5, 5.41) is 0. The number of hydrogen-bond acceptors (Lipinski definition) is 1. The van der Waals surface area contributed by atoms with E-state index in [-0.39, 0.29) is 0 Å². The highest BCUT2D eigenvalue weighted by Crippen LogP contribution is 1.49. The molecule has 0 rings (SSSR count). The van der Waals surface area contributed by atoms with E-state index in [9.17, 15) is 4.79 Å². The summed E-state index contributed by atoms with van der Waals surface area (Å²) in [6.45, 7) is -3.99. The first-order valence-electron chi connectivity index (χ1n) is 3.20. The van der Waals surface area contributed by atoms with E-state index >= 15 is 0 Å². The Bertz CT molecular complexity index is 114. The normalized spacial score (nSPS) is 26.5. The molecule has 0 amide bonds. The van der Waals surface area contributed by atoms with E-state index in [0.29, 0.717) is 0 Å². The lowest BCUT2D eigenvalue weighted by molar-refractivity contribution is -0.112. The Morgan fingerprint density at radius 1 is 2.75 bits per heavy atom. The molecule has 0 fully saturated rings. The van der Waals surface area contributed by atoms with Crippen molar-refractivity contribution in [2.75, 3.05) is 0 Å². The van der Waals surface area contributed by atoms with Crippen molar-refractivity contribution in [3.05, 3.63) is 6.88 Å². The average molecular weight is 62.1 g/mol. The van der Waals surface area contributed by atoms with Gasteiger partial charge < -0.3 is 11.7 Å². The van der Waals surface area contributed by atoms with Gasteiger partial charge in [-0.2, -0.15) is 2.74 Å². The average Bonchev–Trinajstić information content (AvgIpc) is 1.62. The summed E-state index contributed by atoms with van der Waals surface area (Å²) in [6.07, 6.45) is 0. The number of hydrogen-bond donors (Lipinski definition) is 0. The molecule has 1 nitrogen and oxygen atoms in total. The highest BCUT2D eigenvalue weighted by molar-refractivity contribution is 5.79. The van der Waals surface area contributed by atoms with Gasteiger partial charge in [-0.05, 0) is 12.6 Å². The zero-order chi connectivity index (χ0) is 7.65. The fourth-order valence-electron chi connectivity index (χ4n) is 0. The minimum Gasteiger partial charge on any atom is -0.340 e. The van der Waals surface area contributed by atoms with E-state index in [1.807, 2.05) is 0 Å². The summed E-state index contributed by atoms with van der Waals surface area (Å²) in [4.78, 5) is 10.2. The molecule has 0 saturated heterocycles. The molecule has 1 heteroatoms. The lowest BCUT2D eigenvalue weighted by Crippen LogP contribution is -1.70. The lowest BCUT2D eigenvalue weighted by Gasteiger charge is -1.70. The smallest absolute Gasteiger partial charge is 0.0282 e. The van der Waals surface area contributed by atoms with Crippen LogP contribution < -0.4 is 0 Å². The maximum Gasteiger partial charge on any atom is 0.0282 e. The minimum atomic E-state index is -2.82. The van der Waals surface area contributed by atoms with Crippen molar-refractivity contribution in [1.29, 1.82) is 0 Å². The molecule has 0 N–H and O–H groups in total. The number of rotatable bonds is 1. The third-order valence-corrected chi connectivity index (χ3v) is 0. The van der Waals surface area contributed by atoms with Gasteiger partial charge in [0.25, 0.3) is 0 Å². The van der Waals surface area contributed by atoms with Crippen molar-refractivity contribution in [3.63, 3.8) is 0 Å². The minimum absolute atomic E-state index is 1.17. The molecule has 0 aromatic carbocycles. The van der Waals surface area contributed by atoms with Gasteiger partial charge in [-0.15, -0.1) is 0 Å². The third kappa shape index (κ3) is 2.12. The molecule has 0 bridgehead atoms. The Morgan fingerprint density at radius 2 is 3.50 bits per heavy atom. The van der Waals surface area contributed by atoms with Crippen LogP contribution in [0.3, 0.4) is 0 Å². The highest BCUT2D eigenvalue weighted by Gasteiger charge is 1.48. The van der Waals surface area contributed by atoms with Crippen LogP contribution in [0.15, 0.2) is 0 Å². The van der Waals surface area contributed by atoms with E-state index in [1.54, 1.807) is 0 Å². The molecule has 0 aliphatic rings. The van der Waals surface area contributed by atoms with Crippen molar-refractivity contribution in [2.24, 2.45) is 0 Å². The molecule has 0 aromatic heterocycles. The number of ketones is 1. The van der Waals surface area contributed by atoms with E-state index in [2.05, 4.69) is 0 Å². The fraction of sp³-hybridized carbons (Fsp3) is 0.333. The van der Waals surface area contributed by atoms with E-state index < -0.39 is 19.5 Å². The van der Waals surface area contributed by atoms with Crippen molar-refractivity contribution in [3.8, 4) is 0 Å². The van der Waals surface area contributed by atoms with Crippen molar-refractivity contribution in [1.82, 2.24) is 0 Å². The van der Waals surface area contributed by atoms with Gasteiger partial charge in [0.05, 0.1) is 0 Å². The van der Waals surface area contributed by atoms with Crippen molar-refractivity contribution < 1.29 is 11.6 Å². The summed E-state index contributed by atoms with van der Waals surface area (Å²) < 4.78 is 31.8. The standard InChI is InChI=1S/C3H5O/c1-3(2)4/h1H2,2H3/q-1/i1D2,2D3. The van der Waals surface area contributed by atoms with Crippen molar-refractivity contribution >= 4 is 5.78 Å². The number of Topliss-reactive ketones (excluding diaryl/α,β-unsaturated/α-hetero) is 1. The predicted octanol–water partition coefficient (Wildman–Crippen LogP) is 0.409. The quantitative estimate of drug-likeness (QED) is 0.402. The second kappa shape index (κ2) is 0.934. The zero-order valence-electron chi connectivity index (χ0n) is 6.91. The second-order valence-electron chi connectivity index (χ2n) is 0.329. The molecule has 0 radical (unpaired) electrons. The molecule has 0 heterocycles. The fourth-order valence-corrected chi connectivity index (χ4v) is 0. The summed E-state index contributed by atoms with van der Waals surface area (Å²) in [5.41, 5.74) is 0. The highest BCUT2D eigenvalue weighted by atomic mass is 16.1. The summed E-state index contributed by atoms with van der Waals surface area (Å²) in [5.74, 6) is -1.41. The molecule has 0 unspecified atom stereocenters. The lowest BCUT2D eigenvalue weighted by atomic mass is 10.6. The molecule has 0 atom stereocenters. The first-order valence-corrected chi connectivity index (χ1v) is 0.704. The molecule has 0 spiro atoms. The zero-order valence-corrected chi connectivity index (χ0v) is 1.91. The predicted molar refractivity (Wildman–Crippen MR) is 16.0 cm³/mol. The summed E-state index contributed by atoms with van der Waals surface area (Å²) in [7, 11) is 0. The maximum absolute atomic E-state index is 10.2. The molecule has 0 saturated carbocycles. The van der Waals surface area contributed by atoms with Gasteiger partial charge in [-0.3, -0.25) is 0 Å². The summed E-state index contributed by atoms with van der Waals surface area (Å²) >= 11 is 0. The van der Waals surface area contributed by atoms with Crippen molar-refractivity contribution in [2.45, 2.75) is 6.85 Å². The van der Waals surface area contributed by atoms with Crippen LogP contribution in [-0.4, -0.2) is 5.78 Å². The van der Waals surface area contributed by atoms with Crippen LogP contribution in [0.4, 0.5) is 0 Å². The number of carbonyl (C=O) groups excluding carboxylic acids is 1. The Kier molecular flexibility index (Phi) is 0.0938. The third-order valence-electron chi connectivity index (χ3n) is 0. The first kappa shape index (κ1) is 0.402. The molecule has 4 heavy (non-hydrogen) atoms. The Hall–Kier alpha value is -0.460. The van der Waals surface area contributed by atoms with E-state index in [0.717, 1.165) is 0 Å². The van der Waals surface area contributed by atoms with Crippen LogP contribution in [0.25, 0.3) is 0 Å². The summed E-state index contributed by atoms with van der Waals surface area (Å²) in [6, 6.07) is 0. The van der Waals surface area contributed by atoms with Gasteiger partial charge in [0.2, 0.25) is 0 Å². The van der Waals surface area contributed by atoms with Gasteiger partial charge >= 0.3 is 0 Å². The van der Waals surface area contributed by atoms with Crippen LogP contribution in [0.1, 0.15) is 13.7 Å².